The molecule has 3 N–H and O–H groups in total. The van der Waals surface area contributed by atoms with E-state index in [1.807, 2.05) is 4.68 Å². The summed E-state index contributed by atoms with van der Waals surface area (Å²) in [6.45, 7) is 7.14. The highest BCUT2D eigenvalue weighted by Crippen LogP contribution is 2.23. The van der Waals surface area contributed by atoms with E-state index in [0.717, 1.165) is 29.9 Å². The third kappa shape index (κ3) is 2.85. The van der Waals surface area contributed by atoms with Crippen molar-refractivity contribution in [1.82, 2.24) is 15.2 Å². The molecule has 0 spiro atoms. The monoisotopic (exact) mass is 258 g/mol. The Morgan fingerprint density at radius 3 is 2.47 bits per heavy atom. The Morgan fingerprint density at radius 2 is 1.95 bits per heavy atom. The Kier molecular flexibility index (Phi) is 4.35. The van der Waals surface area contributed by atoms with Gasteiger partial charge in [0.15, 0.2) is 0 Å². The smallest absolute Gasteiger partial charge is 0.0878 e. The third-order valence-corrected chi connectivity index (χ3v) is 3.40. The van der Waals surface area contributed by atoms with E-state index >= 15 is 0 Å². The topological polar surface area (TPSA) is 55.9 Å². The molecule has 1 unspecified atom stereocenters. The van der Waals surface area contributed by atoms with Gasteiger partial charge in [-0.1, -0.05) is 36.8 Å². The van der Waals surface area contributed by atoms with Crippen LogP contribution in [0.25, 0.3) is 0 Å². The zero-order chi connectivity index (χ0) is 13.8. The summed E-state index contributed by atoms with van der Waals surface area (Å²) in [5.41, 5.74) is 7.53. The predicted molar refractivity (Wildman–Crippen MR) is 77.6 cm³/mol. The first-order valence-electron chi connectivity index (χ1n) is 6.78. The molecule has 1 aromatic heterocycles. The number of hydrogen-bond acceptors (Lipinski definition) is 3. The van der Waals surface area contributed by atoms with Crippen LogP contribution < -0.4 is 11.3 Å². The highest BCUT2D eigenvalue weighted by molar-refractivity contribution is 5.31. The fourth-order valence-corrected chi connectivity index (χ4v) is 2.26. The van der Waals surface area contributed by atoms with Gasteiger partial charge in [-0.15, -0.1) is 0 Å². The van der Waals surface area contributed by atoms with Crippen molar-refractivity contribution in [1.29, 1.82) is 0 Å². The molecule has 0 amide bonds. The number of hydrazine groups is 1. The lowest BCUT2D eigenvalue weighted by atomic mass is 10.0. The van der Waals surface area contributed by atoms with Gasteiger partial charge in [0.1, 0.15) is 0 Å². The molecule has 2 aromatic rings. The molecule has 0 fully saturated rings. The molecule has 19 heavy (non-hydrogen) atoms. The molecule has 4 nitrogen and oxygen atoms in total. The average molecular weight is 258 g/mol. The molecule has 0 saturated carbocycles. The number of nitrogens with one attached hydrogen (secondary N) is 1. The van der Waals surface area contributed by atoms with E-state index in [-0.39, 0.29) is 6.04 Å². The standard InChI is InChI=1S/C15H22N4/c1-4-13-10-14(19(5-2)18-13)15(17-16)12-8-6-11(3)7-9-12/h6-10,15,17H,4-5,16H2,1-3H3. The number of nitrogens with two attached hydrogens (primary N) is 1. The molecule has 1 atom stereocenters. The van der Waals surface area contributed by atoms with Crippen LogP contribution in [0, 0.1) is 6.92 Å². The van der Waals surface area contributed by atoms with Gasteiger partial charge in [0.2, 0.25) is 0 Å². The molecule has 102 valence electrons. The summed E-state index contributed by atoms with van der Waals surface area (Å²) in [5, 5.41) is 4.58. The minimum atomic E-state index is -0.0200. The molecular formula is C15H22N4. The summed E-state index contributed by atoms with van der Waals surface area (Å²) in [6, 6.07) is 10.5. The van der Waals surface area contributed by atoms with Gasteiger partial charge in [0.25, 0.3) is 0 Å². The first kappa shape index (κ1) is 13.8. The molecule has 0 bridgehead atoms. The zero-order valence-electron chi connectivity index (χ0n) is 11.9. The third-order valence-electron chi connectivity index (χ3n) is 3.40. The molecule has 0 saturated heterocycles. The van der Waals surface area contributed by atoms with Crippen LogP contribution in [-0.2, 0) is 13.0 Å². The number of aryl methyl sites for hydroxylation is 3. The first-order valence-corrected chi connectivity index (χ1v) is 6.78. The highest BCUT2D eigenvalue weighted by atomic mass is 15.3. The molecule has 0 aliphatic carbocycles. The average Bonchev–Trinajstić information content (AvgIpc) is 2.85. The Labute approximate surface area is 114 Å². The van der Waals surface area contributed by atoms with E-state index < -0.39 is 0 Å². The second-order valence-electron chi connectivity index (χ2n) is 4.74. The molecule has 1 heterocycles. The van der Waals surface area contributed by atoms with Crippen LogP contribution in [0.5, 0.6) is 0 Å². The Balaban J connectivity index is 2.41. The molecule has 0 radical (unpaired) electrons. The zero-order valence-corrected chi connectivity index (χ0v) is 11.9. The van der Waals surface area contributed by atoms with Crippen molar-refractivity contribution in [2.45, 2.75) is 39.8 Å². The van der Waals surface area contributed by atoms with E-state index in [2.05, 4.69) is 61.6 Å². The first-order chi connectivity index (χ1) is 9.19. The summed E-state index contributed by atoms with van der Waals surface area (Å²) in [4.78, 5) is 0. The van der Waals surface area contributed by atoms with Crippen LogP contribution in [0.4, 0.5) is 0 Å². The maximum Gasteiger partial charge on any atom is 0.0878 e. The lowest BCUT2D eigenvalue weighted by molar-refractivity contribution is 0.541. The fraction of sp³-hybridized carbons (Fsp3) is 0.400. The summed E-state index contributed by atoms with van der Waals surface area (Å²) in [5.74, 6) is 5.76. The Hall–Kier alpha value is -1.65. The summed E-state index contributed by atoms with van der Waals surface area (Å²) in [6.07, 6.45) is 0.936. The van der Waals surface area contributed by atoms with Gasteiger partial charge in [-0.25, -0.2) is 5.43 Å². The predicted octanol–water partition coefficient (Wildman–Crippen LogP) is 2.33. The van der Waals surface area contributed by atoms with Crippen molar-refractivity contribution in [3.63, 3.8) is 0 Å². The summed E-state index contributed by atoms with van der Waals surface area (Å²) in [7, 11) is 0. The number of nitrogens with zero attached hydrogens (tertiary/aromatic N) is 2. The van der Waals surface area contributed by atoms with Crippen LogP contribution in [-0.4, -0.2) is 9.78 Å². The van der Waals surface area contributed by atoms with Crippen molar-refractivity contribution < 1.29 is 0 Å². The van der Waals surface area contributed by atoms with Gasteiger partial charge in [-0.05, 0) is 31.9 Å². The van der Waals surface area contributed by atoms with Gasteiger partial charge in [-0.3, -0.25) is 10.5 Å². The van der Waals surface area contributed by atoms with Crippen molar-refractivity contribution in [3.05, 3.63) is 52.8 Å². The van der Waals surface area contributed by atoms with Crippen LogP contribution >= 0.6 is 0 Å². The SMILES string of the molecule is CCc1cc(C(NN)c2ccc(C)cc2)n(CC)n1. The molecule has 4 heteroatoms. The number of benzene rings is 1. The van der Waals surface area contributed by atoms with Crippen molar-refractivity contribution >= 4 is 0 Å². The lowest BCUT2D eigenvalue weighted by Crippen LogP contribution is -2.30. The summed E-state index contributed by atoms with van der Waals surface area (Å²) >= 11 is 0. The van der Waals surface area contributed by atoms with Crippen LogP contribution in [0.3, 0.4) is 0 Å². The molecule has 1 aromatic carbocycles. The molecule has 0 aliphatic rings. The largest absolute Gasteiger partial charge is 0.271 e. The second-order valence-corrected chi connectivity index (χ2v) is 4.74. The fourth-order valence-electron chi connectivity index (χ4n) is 2.26. The van der Waals surface area contributed by atoms with Crippen LogP contribution in [0.15, 0.2) is 30.3 Å². The Morgan fingerprint density at radius 1 is 1.26 bits per heavy atom. The van der Waals surface area contributed by atoms with E-state index in [1.165, 1.54) is 5.56 Å². The highest BCUT2D eigenvalue weighted by Gasteiger charge is 2.18. The number of aromatic nitrogens is 2. The number of hydrogen-bond donors (Lipinski definition) is 2. The van der Waals surface area contributed by atoms with Crippen LogP contribution in [0.1, 0.15) is 42.4 Å². The summed E-state index contributed by atoms with van der Waals surface area (Å²) < 4.78 is 2.02. The molecular weight excluding hydrogens is 236 g/mol. The van der Waals surface area contributed by atoms with Gasteiger partial charge in [-0.2, -0.15) is 5.10 Å². The number of rotatable bonds is 5. The maximum atomic E-state index is 5.76. The van der Waals surface area contributed by atoms with Gasteiger partial charge in [0, 0.05) is 6.54 Å². The minimum absolute atomic E-state index is 0.0200. The van der Waals surface area contributed by atoms with Crippen molar-refractivity contribution in [3.8, 4) is 0 Å². The van der Waals surface area contributed by atoms with Gasteiger partial charge in [0.05, 0.1) is 17.4 Å². The van der Waals surface area contributed by atoms with E-state index in [9.17, 15) is 0 Å². The van der Waals surface area contributed by atoms with E-state index in [0.29, 0.717) is 0 Å². The second kappa shape index (κ2) is 5.99. The molecule has 0 aliphatic heterocycles. The van der Waals surface area contributed by atoms with E-state index in [1.54, 1.807) is 0 Å². The normalized spacial score (nSPS) is 12.6. The minimum Gasteiger partial charge on any atom is -0.271 e. The molecule has 2 rings (SSSR count). The van der Waals surface area contributed by atoms with Gasteiger partial charge < -0.3 is 0 Å². The van der Waals surface area contributed by atoms with Gasteiger partial charge >= 0.3 is 0 Å². The van der Waals surface area contributed by atoms with Crippen molar-refractivity contribution in [2.24, 2.45) is 5.84 Å². The van der Waals surface area contributed by atoms with Crippen LogP contribution in [0.2, 0.25) is 0 Å². The van der Waals surface area contributed by atoms with Crippen molar-refractivity contribution in [2.75, 3.05) is 0 Å². The Bertz CT molecular complexity index is 528. The maximum absolute atomic E-state index is 5.76. The quantitative estimate of drug-likeness (QED) is 0.639. The van der Waals surface area contributed by atoms with E-state index in [4.69, 9.17) is 5.84 Å². The lowest BCUT2D eigenvalue weighted by Gasteiger charge is -2.17.